The second-order valence-corrected chi connectivity index (χ2v) is 4.48. The van der Waals surface area contributed by atoms with Crippen LogP contribution < -0.4 is 5.32 Å². The smallest absolute Gasteiger partial charge is 0.271 e. The van der Waals surface area contributed by atoms with Gasteiger partial charge < -0.3 is 5.32 Å². The van der Waals surface area contributed by atoms with Crippen molar-refractivity contribution in [1.82, 2.24) is 0 Å². The van der Waals surface area contributed by atoms with E-state index in [1.807, 2.05) is 6.07 Å². The summed E-state index contributed by atoms with van der Waals surface area (Å²) in [7, 11) is 0. The SMILES string of the molecule is Cc1cscc1CNc1cccc([N+](=O)[O-])c1. The maximum atomic E-state index is 10.6. The summed E-state index contributed by atoms with van der Waals surface area (Å²) in [5, 5.41) is 18.0. The maximum Gasteiger partial charge on any atom is 0.271 e. The van der Waals surface area contributed by atoms with Gasteiger partial charge in [-0.25, -0.2) is 0 Å². The van der Waals surface area contributed by atoms with Crippen molar-refractivity contribution in [2.24, 2.45) is 0 Å². The number of nitro benzene ring substituents is 1. The van der Waals surface area contributed by atoms with Crippen molar-refractivity contribution >= 4 is 22.7 Å². The molecule has 5 heteroatoms. The first-order chi connectivity index (χ1) is 8.16. The molecule has 0 aliphatic carbocycles. The standard InChI is InChI=1S/C12H12N2O2S/c1-9-7-17-8-10(9)6-13-11-3-2-4-12(5-11)14(15)16/h2-5,7-8,13H,6H2,1H3. The Balaban J connectivity index is 2.07. The number of nitro groups is 1. The molecule has 88 valence electrons. The Morgan fingerprint density at radius 1 is 1.41 bits per heavy atom. The largest absolute Gasteiger partial charge is 0.381 e. The molecule has 0 unspecified atom stereocenters. The van der Waals surface area contributed by atoms with Crippen LogP contribution in [0.25, 0.3) is 0 Å². The summed E-state index contributed by atoms with van der Waals surface area (Å²) in [5.41, 5.74) is 3.34. The lowest BCUT2D eigenvalue weighted by atomic mass is 10.2. The van der Waals surface area contributed by atoms with E-state index in [0.29, 0.717) is 6.54 Å². The maximum absolute atomic E-state index is 10.6. The third kappa shape index (κ3) is 2.82. The van der Waals surface area contributed by atoms with Crippen LogP contribution in [0, 0.1) is 17.0 Å². The number of nitrogens with one attached hydrogen (secondary N) is 1. The van der Waals surface area contributed by atoms with Gasteiger partial charge >= 0.3 is 0 Å². The van der Waals surface area contributed by atoms with E-state index in [1.54, 1.807) is 23.5 Å². The van der Waals surface area contributed by atoms with Gasteiger partial charge in [0, 0.05) is 24.4 Å². The molecule has 0 radical (unpaired) electrons. The summed E-state index contributed by atoms with van der Waals surface area (Å²) in [6.45, 7) is 2.75. The number of nitrogens with zero attached hydrogens (tertiary/aromatic N) is 1. The molecule has 0 bridgehead atoms. The summed E-state index contributed by atoms with van der Waals surface area (Å²) >= 11 is 1.66. The number of anilines is 1. The molecule has 4 nitrogen and oxygen atoms in total. The van der Waals surface area contributed by atoms with Gasteiger partial charge in [0.15, 0.2) is 0 Å². The zero-order valence-electron chi connectivity index (χ0n) is 9.34. The first kappa shape index (κ1) is 11.6. The van der Waals surface area contributed by atoms with Gasteiger partial charge in [0.25, 0.3) is 5.69 Å². The molecular weight excluding hydrogens is 236 g/mol. The van der Waals surface area contributed by atoms with Crippen molar-refractivity contribution in [3.05, 3.63) is 56.3 Å². The van der Waals surface area contributed by atoms with Crippen LogP contribution in [0.4, 0.5) is 11.4 Å². The molecule has 1 aromatic heterocycles. The van der Waals surface area contributed by atoms with Gasteiger partial charge in [0.05, 0.1) is 4.92 Å². The van der Waals surface area contributed by atoms with Crippen molar-refractivity contribution < 1.29 is 4.92 Å². The van der Waals surface area contributed by atoms with Gasteiger partial charge in [-0.3, -0.25) is 10.1 Å². The van der Waals surface area contributed by atoms with Crippen LogP contribution in [-0.4, -0.2) is 4.92 Å². The fourth-order valence-electron chi connectivity index (χ4n) is 1.49. The van der Waals surface area contributed by atoms with Crippen LogP contribution in [0.3, 0.4) is 0 Å². The molecule has 1 aromatic carbocycles. The van der Waals surface area contributed by atoms with E-state index in [4.69, 9.17) is 0 Å². The van der Waals surface area contributed by atoms with E-state index < -0.39 is 0 Å². The Kier molecular flexibility index (Phi) is 3.39. The average Bonchev–Trinajstić information content (AvgIpc) is 2.72. The Morgan fingerprint density at radius 2 is 2.24 bits per heavy atom. The van der Waals surface area contributed by atoms with E-state index in [9.17, 15) is 10.1 Å². The van der Waals surface area contributed by atoms with Gasteiger partial charge in [-0.2, -0.15) is 11.3 Å². The third-order valence-electron chi connectivity index (χ3n) is 2.50. The number of hydrogen-bond acceptors (Lipinski definition) is 4. The first-order valence-electron chi connectivity index (χ1n) is 5.17. The highest BCUT2D eigenvalue weighted by Gasteiger charge is 2.05. The van der Waals surface area contributed by atoms with E-state index >= 15 is 0 Å². The molecule has 0 saturated carbocycles. The minimum absolute atomic E-state index is 0.108. The molecule has 0 amide bonds. The van der Waals surface area contributed by atoms with Crippen LogP contribution in [0.2, 0.25) is 0 Å². The molecule has 0 spiro atoms. The highest BCUT2D eigenvalue weighted by atomic mass is 32.1. The van der Waals surface area contributed by atoms with Gasteiger partial charge in [-0.05, 0) is 34.9 Å². The monoisotopic (exact) mass is 248 g/mol. The lowest BCUT2D eigenvalue weighted by Gasteiger charge is -2.05. The molecule has 2 rings (SSSR count). The van der Waals surface area contributed by atoms with Crippen LogP contribution in [0.5, 0.6) is 0 Å². The molecule has 0 atom stereocenters. The normalized spacial score (nSPS) is 10.2. The Morgan fingerprint density at radius 3 is 2.88 bits per heavy atom. The molecular formula is C12H12N2O2S. The van der Waals surface area contributed by atoms with Crippen LogP contribution in [0.15, 0.2) is 35.0 Å². The number of non-ortho nitro benzene ring substituents is 1. The van der Waals surface area contributed by atoms with Gasteiger partial charge in [-0.1, -0.05) is 6.07 Å². The molecule has 0 aliphatic heterocycles. The number of benzene rings is 1. The molecule has 1 N–H and O–H groups in total. The van der Waals surface area contributed by atoms with E-state index in [0.717, 1.165) is 5.69 Å². The highest BCUT2D eigenvalue weighted by Crippen LogP contribution is 2.19. The quantitative estimate of drug-likeness (QED) is 0.664. The molecule has 1 heterocycles. The van der Waals surface area contributed by atoms with Crippen LogP contribution in [0.1, 0.15) is 11.1 Å². The van der Waals surface area contributed by atoms with Crippen molar-refractivity contribution in [3.63, 3.8) is 0 Å². The van der Waals surface area contributed by atoms with Gasteiger partial charge in [-0.15, -0.1) is 0 Å². The predicted octanol–water partition coefficient (Wildman–Crippen LogP) is 3.58. The van der Waals surface area contributed by atoms with Crippen molar-refractivity contribution in [1.29, 1.82) is 0 Å². The number of aryl methyl sites for hydroxylation is 1. The number of thiophene rings is 1. The minimum Gasteiger partial charge on any atom is -0.381 e. The molecule has 17 heavy (non-hydrogen) atoms. The highest BCUT2D eigenvalue weighted by molar-refractivity contribution is 7.08. The molecule has 0 fully saturated rings. The summed E-state index contributed by atoms with van der Waals surface area (Å²) in [5.74, 6) is 0. The van der Waals surface area contributed by atoms with Crippen molar-refractivity contribution in [2.75, 3.05) is 5.32 Å². The third-order valence-corrected chi connectivity index (χ3v) is 3.41. The summed E-state index contributed by atoms with van der Waals surface area (Å²) < 4.78 is 0. The fraction of sp³-hybridized carbons (Fsp3) is 0.167. The zero-order chi connectivity index (χ0) is 12.3. The summed E-state index contributed by atoms with van der Waals surface area (Å²) in [4.78, 5) is 10.2. The summed E-state index contributed by atoms with van der Waals surface area (Å²) in [6, 6.07) is 6.54. The van der Waals surface area contributed by atoms with Crippen LogP contribution >= 0.6 is 11.3 Å². The van der Waals surface area contributed by atoms with E-state index in [1.165, 1.54) is 17.2 Å². The predicted molar refractivity (Wildman–Crippen MR) is 69.5 cm³/mol. The van der Waals surface area contributed by atoms with E-state index in [2.05, 4.69) is 23.0 Å². The first-order valence-corrected chi connectivity index (χ1v) is 6.11. The topological polar surface area (TPSA) is 55.2 Å². The number of rotatable bonds is 4. The Bertz CT molecular complexity index is 537. The fourth-order valence-corrected chi connectivity index (χ4v) is 2.35. The molecule has 0 saturated heterocycles. The average molecular weight is 248 g/mol. The second kappa shape index (κ2) is 4.97. The number of hydrogen-bond donors (Lipinski definition) is 1. The Hall–Kier alpha value is -1.88. The Labute approximate surface area is 103 Å². The van der Waals surface area contributed by atoms with Crippen molar-refractivity contribution in [2.45, 2.75) is 13.5 Å². The molecule has 2 aromatic rings. The van der Waals surface area contributed by atoms with Gasteiger partial charge in [0.2, 0.25) is 0 Å². The van der Waals surface area contributed by atoms with Crippen LogP contribution in [-0.2, 0) is 6.54 Å². The second-order valence-electron chi connectivity index (χ2n) is 3.74. The van der Waals surface area contributed by atoms with E-state index in [-0.39, 0.29) is 10.6 Å². The lowest BCUT2D eigenvalue weighted by Crippen LogP contribution is -2.00. The summed E-state index contributed by atoms with van der Waals surface area (Å²) in [6.07, 6.45) is 0. The van der Waals surface area contributed by atoms with Crippen molar-refractivity contribution in [3.8, 4) is 0 Å². The molecule has 0 aliphatic rings. The zero-order valence-corrected chi connectivity index (χ0v) is 10.2. The minimum atomic E-state index is -0.388. The lowest BCUT2D eigenvalue weighted by molar-refractivity contribution is -0.384. The van der Waals surface area contributed by atoms with Gasteiger partial charge in [0.1, 0.15) is 0 Å².